The van der Waals surface area contributed by atoms with Gasteiger partial charge in [0, 0.05) is 6.54 Å². The monoisotopic (exact) mass is 549 g/mol. The van der Waals surface area contributed by atoms with Crippen LogP contribution >= 0.6 is 11.6 Å². The summed E-state index contributed by atoms with van der Waals surface area (Å²) in [5, 5.41) is 2.42. The molecule has 3 aromatic rings. The van der Waals surface area contributed by atoms with Crippen molar-refractivity contribution in [3.05, 3.63) is 87.9 Å². The normalized spacial score (nSPS) is 12.0. The quantitative estimate of drug-likeness (QED) is 0.281. The van der Waals surface area contributed by atoms with Crippen LogP contribution in [0.1, 0.15) is 40.4 Å². The second-order valence-electron chi connectivity index (χ2n) is 8.44. The van der Waals surface area contributed by atoms with Gasteiger partial charge >= 0.3 is 12.1 Å². The minimum atomic E-state index is -4.60. The van der Waals surface area contributed by atoms with Gasteiger partial charge in [0.1, 0.15) is 17.2 Å². The molecule has 0 aromatic heterocycles. The second-order valence-corrected chi connectivity index (χ2v) is 8.84. The summed E-state index contributed by atoms with van der Waals surface area (Å²) in [6.07, 6.45) is -3.58. The van der Waals surface area contributed by atoms with E-state index in [9.17, 15) is 22.8 Å². The van der Waals surface area contributed by atoms with Crippen molar-refractivity contribution in [1.29, 1.82) is 0 Å². The van der Waals surface area contributed by atoms with Gasteiger partial charge in [0.15, 0.2) is 0 Å². The third-order valence-corrected chi connectivity index (χ3v) is 6.20. The van der Waals surface area contributed by atoms with Crippen molar-refractivity contribution >= 4 is 23.5 Å². The van der Waals surface area contributed by atoms with Gasteiger partial charge < -0.3 is 19.5 Å². The molecule has 0 aliphatic heterocycles. The number of hydrogen-bond donors (Lipinski definition) is 1. The lowest BCUT2D eigenvalue weighted by molar-refractivity contribution is -0.145. The molecule has 1 amide bonds. The minimum absolute atomic E-state index is 0.00716. The van der Waals surface area contributed by atoms with Crippen molar-refractivity contribution in [2.75, 3.05) is 14.2 Å². The Morgan fingerprint density at radius 1 is 0.947 bits per heavy atom. The number of esters is 1. The van der Waals surface area contributed by atoms with Gasteiger partial charge in [-0.15, -0.1) is 0 Å². The number of amides is 1. The minimum Gasteiger partial charge on any atom is -0.496 e. The average Bonchev–Trinajstić information content (AvgIpc) is 2.91. The number of methoxy groups -OCH3 is 2. The molecule has 1 atom stereocenters. The molecular formula is C28H27ClF3NO5. The van der Waals surface area contributed by atoms with Crippen molar-refractivity contribution in [2.24, 2.45) is 5.92 Å². The fraction of sp³-hybridized carbons (Fsp3) is 0.286. The molecule has 3 rings (SSSR count). The first-order valence-electron chi connectivity index (χ1n) is 11.7. The topological polar surface area (TPSA) is 73.9 Å². The van der Waals surface area contributed by atoms with Crippen LogP contribution in [0.5, 0.6) is 17.2 Å². The van der Waals surface area contributed by atoms with E-state index >= 15 is 0 Å². The van der Waals surface area contributed by atoms with Crippen LogP contribution in [0, 0.1) is 5.92 Å². The Hall–Kier alpha value is -3.72. The van der Waals surface area contributed by atoms with Gasteiger partial charge in [-0.25, -0.2) is 0 Å². The molecule has 3 aromatic carbocycles. The van der Waals surface area contributed by atoms with Gasteiger partial charge in [-0.05, 0) is 66.4 Å². The van der Waals surface area contributed by atoms with Crippen LogP contribution in [0.15, 0.2) is 60.7 Å². The number of carbonyl (C=O) groups excluding carboxylic acids is 2. The zero-order chi connectivity index (χ0) is 27.9. The first-order valence-corrected chi connectivity index (χ1v) is 12.1. The lowest BCUT2D eigenvalue weighted by Gasteiger charge is -2.15. The largest absolute Gasteiger partial charge is 0.496 e. The Morgan fingerprint density at radius 2 is 1.61 bits per heavy atom. The molecule has 6 nitrogen and oxygen atoms in total. The summed E-state index contributed by atoms with van der Waals surface area (Å²) in [6.45, 7) is 2.08. The summed E-state index contributed by atoms with van der Waals surface area (Å²) in [4.78, 5) is 24.9. The van der Waals surface area contributed by atoms with Crippen molar-refractivity contribution < 1.29 is 37.0 Å². The highest BCUT2D eigenvalue weighted by molar-refractivity contribution is 6.31. The third kappa shape index (κ3) is 7.41. The number of benzene rings is 3. The van der Waals surface area contributed by atoms with Crippen LogP contribution in [0.3, 0.4) is 0 Å². The predicted molar refractivity (Wildman–Crippen MR) is 137 cm³/mol. The molecular weight excluding hydrogens is 523 g/mol. The van der Waals surface area contributed by atoms with Crippen LogP contribution in [-0.2, 0) is 28.7 Å². The maximum atomic E-state index is 13.1. The maximum Gasteiger partial charge on any atom is 0.417 e. The molecule has 10 heteroatoms. The number of alkyl halides is 3. The Labute approximate surface area is 223 Å². The predicted octanol–water partition coefficient (Wildman–Crippen LogP) is 6.83. The Morgan fingerprint density at radius 3 is 2.21 bits per heavy atom. The standard InChI is InChI=1S/C28H27ClF3NO5/c1-4-19(27(35)37-3)13-18-7-12-25(36-2)22(14-18)26(34)33-16-17-5-8-20(9-6-17)38-21-10-11-24(29)23(15-21)28(30,31)32/h5-12,14-15,19H,4,13,16H2,1-3H3,(H,33,34)/t19-/m0/s1. The van der Waals surface area contributed by atoms with Gasteiger partial charge in [0.2, 0.25) is 0 Å². The van der Waals surface area contributed by atoms with Gasteiger partial charge in [-0.1, -0.05) is 36.7 Å². The van der Waals surface area contributed by atoms with E-state index in [0.29, 0.717) is 29.9 Å². The second kappa shape index (κ2) is 12.7. The molecule has 0 unspecified atom stereocenters. The molecule has 202 valence electrons. The molecule has 0 saturated carbocycles. The number of ether oxygens (including phenoxy) is 3. The molecule has 0 bridgehead atoms. The summed E-state index contributed by atoms with van der Waals surface area (Å²) in [5.41, 5.74) is 0.883. The summed E-state index contributed by atoms with van der Waals surface area (Å²) in [7, 11) is 2.81. The van der Waals surface area contributed by atoms with E-state index in [-0.39, 0.29) is 30.1 Å². The van der Waals surface area contributed by atoms with Gasteiger partial charge in [0.05, 0.1) is 36.3 Å². The van der Waals surface area contributed by atoms with Crippen LogP contribution in [0.25, 0.3) is 0 Å². The lowest BCUT2D eigenvalue weighted by atomic mass is 9.95. The SMILES string of the molecule is CC[C@@H](Cc1ccc(OC)c(C(=O)NCc2ccc(Oc3ccc(Cl)c(C(F)(F)F)c3)cc2)c1)C(=O)OC. The molecule has 0 aliphatic rings. The van der Waals surface area contributed by atoms with Crippen LogP contribution in [0.4, 0.5) is 13.2 Å². The zero-order valence-electron chi connectivity index (χ0n) is 21.0. The molecule has 0 aliphatic carbocycles. The average molecular weight is 550 g/mol. The highest BCUT2D eigenvalue weighted by Gasteiger charge is 2.33. The third-order valence-electron chi connectivity index (χ3n) is 5.87. The number of hydrogen-bond acceptors (Lipinski definition) is 5. The fourth-order valence-corrected chi connectivity index (χ4v) is 4.00. The van der Waals surface area contributed by atoms with Crippen LogP contribution in [-0.4, -0.2) is 26.1 Å². The fourth-order valence-electron chi connectivity index (χ4n) is 3.78. The van der Waals surface area contributed by atoms with E-state index < -0.39 is 16.8 Å². The molecule has 0 radical (unpaired) electrons. The Bertz CT molecular complexity index is 1280. The molecule has 0 heterocycles. The van der Waals surface area contributed by atoms with E-state index in [1.54, 1.807) is 42.5 Å². The number of nitrogens with one attached hydrogen (secondary N) is 1. The molecule has 0 saturated heterocycles. The first-order chi connectivity index (χ1) is 18.0. The van der Waals surface area contributed by atoms with E-state index in [1.807, 2.05) is 6.92 Å². The summed E-state index contributed by atoms with van der Waals surface area (Å²) >= 11 is 5.65. The molecule has 0 spiro atoms. The number of carbonyl (C=O) groups is 2. The highest BCUT2D eigenvalue weighted by atomic mass is 35.5. The van der Waals surface area contributed by atoms with Crippen molar-refractivity contribution in [3.8, 4) is 17.2 Å². The Kier molecular flexibility index (Phi) is 9.63. The smallest absolute Gasteiger partial charge is 0.417 e. The highest BCUT2D eigenvalue weighted by Crippen LogP contribution is 2.37. The summed E-state index contributed by atoms with van der Waals surface area (Å²) < 4.78 is 55.0. The first kappa shape index (κ1) is 28.8. The number of halogens is 4. The van der Waals surface area contributed by atoms with E-state index in [1.165, 1.54) is 20.3 Å². The van der Waals surface area contributed by atoms with E-state index in [0.717, 1.165) is 23.3 Å². The molecule has 38 heavy (non-hydrogen) atoms. The van der Waals surface area contributed by atoms with Crippen molar-refractivity contribution in [3.63, 3.8) is 0 Å². The van der Waals surface area contributed by atoms with Crippen LogP contribution < -0.4 is 14.8 Å². The van der Waals surface area contributed by atoms with Crippen LogP contribution in [0.2, 0.25) is 5.02 Å². The Balaban J connectivity index is 1.66. The van der Waals surface area contributed by atoms with Crippen molar-refractivity contribution in [1.82, 2.24) is 5.32 Å². The lowest BCUT2D eigenvalue weighted by Crippen LogP contribution is -2.24. The maximum absolute atomic E-state index is 13.1. The zero-order valence-corrected chi connectivity index (χ0v) is 21.8. The number of rotatable bonds is 10. The van der Waals surface area contributed by atoms with Gasteiger partial charge in [-0.2, -0.15) is 13.2 Å². The van der Waals surface area contributed by atoms with Crippen molar-refractivity contribution in [2.45, 2.75) is 32.5 Å². The van der Waals surface area contributed by atoms with E-state index in [2.05, 4.69) is 5.32 Å². The molecule has 1 N–H and O–H groups in total. The summed E-state index contributed by atoms with van der Waals surface area (Å²) in [5.74, 6) is -0.289. The van der Waals surface area contributed by atoms with Gasteiger partial charge in [0.25, 0.3) is 5.91 Å². The van der Waals surface area contributed by atoms with E-state index in [4.69, 9.17) is 25.8 Å². The molecule has 0 fully saturated rings. The van der Waals surface area contributed by atoms with Gasteiger partial charge in [-0.3, -0.25) is 9.59 Å². The summed E-state index contributed by atoms with van der Waals surface area (Å²) in [6, 6.07) is 15.0.